The van der Waals surface area contributed by atoms with E-state index < -0.39 is 238 Å². The van der Waals surface area contributed by atoms with Crippen LogP contribution in [0.5, 0.6) is 155 Å². The van der Waals surface area contributed by atoms with Crippen molar-refractivity contribution in [3.05, 3.63) is 0 Å². The highest BCUT2D eigenvalue weighted by Gasteiger charge is 2.40. The number of hydrogen-bond acceptors (Lipinski definition) is 27. The zero-order chi connectivity index (χ0) is 52.2. The van der Waals surface area contributed by atoms with E-state index >= 15 is 0 Å². The van der Waals surface area contributed by atoms with Crippen molar-refractivity contribution in [2.24, 2.45) is 0 Å². The highest BCUT2D eigenvalue weighted by Crippen LogP contribution is 2.68. The second kappa shape index (κ2) is 14.4. The minimum atomic E-state index is -1.92. The quantitative estimate of drug-likeness (QED) is 0.0521. The lowest BCUT2D eigenvalue weighted by molar-refractivity contribution is 0.329. The number of rotatable bonds is 4. The summed E-state index contributed by atoms with van der Waals surface area (Å²) in [6.07, 6.45) is 0. The number of benzene rings is 8. The van der Waals surface area contributed by atoms with Crippen LogP contribution in [0.3, 0.4) is 0 Å². The Balaban J connectivity index is 1.64. The zero-order valence-corrected chi connectivity index (χ0v) is 33.7. The Kier molecular flexibility index (Phi) is 9.38. The van der Waals surface area contributed by atoms with Gasteiger partial charge in [-0.05, 0) is 0 Å². The van der Waals surface area contributed by atoms with E-state index in [2.05, 4.69) is 0 Å². The molecule has 0 unspecified atom stereocenters. The lowest BCUT2D eigenvalue weighted by atomic mass is 9.75. The lowest BCUT2D eigenvalue weighted by Gasteiger charge is -2.25. The molecule has 27 N–H and O–H groups in total. The van der Waals surface area contributed by atoms with Crippen LogP contribution in [0.1, 0.15) is 0 Å². The summed E-state index contributed by atoms with van der Waals surface area (Å²) >= 11 is 0. The monoisotopic (exact) mass is 974 g/mol. The summed E-state index contributed by atoms with van der Waals surface area (Å²) in [5.74, 6) is -46.3. The first-order chi connectivity index (χ1) is 32.5. The van der Waals surface area contributed by atoms with Crippen molar-refractivity contribution < 1.29 is 138 Å². The summed E-state index contributed by atoms with van der Waals surface area (Å²) in [4.78, 5) is 0. The molecule has 0 saturated heterocycles. The SMILES string of the molecule is [B]c1c(-c2c(O)c(O)c(O)c(O)c2O)c(O)c(-c2c(O)c(O)c(O)c(O)c2O)c(O)c1-c1c(O)c(O)c(O)c(-c2c(O)c(O)c3c4c(O)c(O)c(O)c(O)c4c4c(O)c(O)c(O)c(O)c4c3c2O)c1O. The van der Waals surface area contributed by atoms with E-state index in [1.807, 2.05) is 0 Å². The molecule has 8 aromatic carbocycles. The molecule has 0 aliphatic heterocycles. The van der Waals surface area contributed by atoms with Crippen molar-refractivity contribution in [3.63, 3.8) is 0 Å². The summed E-state index contributed by atoms with van der Waals surface area (Å²) in [7, 11) is 6.31. The molecule has 0 aromatic heterocycles. The van der Waals surface area contributed by atoms with E-state index in [4.69, 9.17) is 7.85 Å². The van der Waals surface area contributed by atoms with Gasteiger partial charge >= 0.3 is 0 Å². The molecule has 0 spiro atoms. The topological polar surface area (TPSA) is 546 Å². The predicted molar refractivity (Wildman–Crippen MR) is 231 cm³/mol. The summed E-state index contributed by atoms with van der Waals surface area (Å²) in [5, 5.41) is 290. The third-order valence-corrected chi connectivity index (χ3v) is 11.6. The molecule has 2 radical (unpaired) electrons. The van der Waals surface area contributed by atoms with Crippen molar-refractivity contribution in [2.45, 2.75) is 0 Å². The van der Waals surface area contributed by atoms with Crippen molar-refractivity contribution in [1.82, 2.24) is 0 Å². The summed E-state index contributed by atoms with van der Waals surface area (Å²) in [5.41, 5.74) is -14.1. The molecule has 360 valence electrons. The van der Waals surface area contributed by atoms with E-state index in [0.29, 0.717) is 0 Å². The molecule has 0 bridgehead atoms. The van der Waals surface area contributed by atoms with E-state index in [-0.39, 0.29) is 0 Å². The Hall–Kier alpha value is -10.8. The Morgan fingerprint density at radius 1 is 0.129 bits per heavy atom. The van der Waals surface area contributed by atoms with Crippen molar-refractivity contribution in [2.75, 3.05) is 0 Å². The molecule has 0 atom stereocenters. The van der Waals surface area contributed by atoms with Gasteiger partial charge in [0.15, 0.2) is 69.0 Å². The summed E-state index contributed by atoms with van der Waals surface area (Å²) in [6.45, 7) is 0. The van der Waals surface area contributed by atoms with Gasteiger partial charge in [0.1, 0.15) is 30.8 Å². The van der Waals surface area contributed by atoms with Gasteiger partial charge in [-0.3, -0.25) is 0 Å². The fourth-order valence-electron chi connectivity index (χ4n) is 8.31. The molecule has 0 saturated carbocycles. The van der Waals surface area contributed by atoms with Crippen molar-refractivity contribution in [3.8, 4) is 200 Å². The maximum Gasteiger partial charge on any atom is 0.208 e. The van der Waals surface area contributed by atoms with Gasteiger partial charge in [0.2, 0.25) is 63.2 Å². The average molecular weight is 974 g/mol. The molecule has 8 aromatic rings. The number of phenolic OH excluding ortho intramolecular Hbond substituents is 27. The Morgan fingerprint density at radius 2 is 0.257 bits per heavy atom. The van der Waals surface area contributed by atoms with Gasteiger partial charge in [0.05, 0.1) is 33.4 Å². The molecule has 0 aliphatic carbocycles. The maximum absolute atomic E-state index is 12.1. The fourth-order valence-corrected chi connectivity index (χ4v) is 8.31. The van der Waals surface area contributed by atoms with Gasteiger partial charge in [0, 0.05) is 43.4 Å². The van der Waals surface area contributed by atoms with Crippen molar-refractivity contribution in [1.29, 1.82) is 0 Å². The first-order valence-electron chi connectivity index (χ1n) is 18.6. The van der Waals surface area contributed by atoms with Crippen molar-refractivity contribution >= 4 is 45.6 Å². The van der Waals surface area contributed by atoms with Gasteiger partial charge in [-0.2, -0.15) is 0 Å². The lowest BCUT2D eigenvalue weighted by Crippen LogP contribution is -2.13. The molecule has 0 aliphatic rings. The van der Waals surface area contributed by atoms with Crippen LogP contribution >= 0.6 is 0 Å². The molecule has 70 heavy (non-hydrogen) atoms. The van der Waals surface area contributed by atoms with Gasteiger partial charge in [-0.25, -0.2) is 0 Å². The zero-order valence-electron chi connectivity index (χ0n) is 33.7. The fraction of sp³-hybridized carbons (Fsp3) is 0. The molecule has 0 fully saturated rings. The summed E-state index contributed by atoms with van der Waals surface area (Å²) in [6, 6.07) is 0. The van der Waals surface area contributed by atoms with Crippen LogP contribution in [0, 0.1) is 0 Å². The van der Waals surface area contributed by atoms with Crippen LogP contribution in [0.25, 0.3) is 76.8 Å². The second-order valence-electron chi connectivity index (χ2n) is 15.1. The normalized spacial score (nSPS) is 11.6. The average Bonchev–Trinajstić information content (AvgIpc) is 3.32. The first kappa shape index (κ1) is 45.8. The predicted octanol–water partition coefficient (Wildman–Crippen LogP) is 2.66. The molecule has 28 heteroatoms. The third-order valence-electron chi connectivity index (χ3n) is 11.6. The molecule has 8 rings (SSSR count). The standard InChI is InChI=1S/C42H27BO27/c43-15-7(17(45)11(14-30(58)39(67)42(70)40(68)31(14)59)18(46)8(15)10-27(55)37(65)41(69)38(66)28(10)56)9-19(47)13(29(57)32(60)26(9)54)12-16(44)1-2(20(48)25(12)53)4-6(24(52)36(64)34(62)22(4)50)5-3(1)21(49)33(61)35(63)23(5)51/h44-70H. The van der Waals surface area contributed by atoms with Crippen LogP contribution in [0.4, 0.5) is 0 Å². The minimum Gasteiger partial charge on any atom is -0.507 e. The van der Waals surface area contributed by atoms with Crippen LogP contribution in [0.2, 0.25) is 0 Å². The van der Waals surface area contributed by atoms with Crippen LogP contribution < -0.4 is 5.46 Å². The first-order valence-corrected chi connectivity index (χ1v) is 18.6. The van der Waals surface area contributed by atoms with Gasteiger partial charge in [-0.15, -0.1) is 0 Å². The summed E-state index contributed by atoms with van der Waals surface area (Å²) < 4.78 is 0. The van der Waals surface area contributed by atoms with E-state index in [1.165, 1.54) is 0 Å². The molecule has 0 amide bonds. The number of phenols is 27. The number of aromatic hydroxyl groups is 27. The van der Waals surface area contributed by atoms with Crippen LogP contribution in [-0.4, -0.2) is 146 Å². The van der Waals surface area contributed by atoms with E-state index in [0.717, 1.165) is 0 Å². The number of fused-ring (bicyclic) bond motifs is 6. The van der Waals surface area contributed by atoms with Gasteiger partial charge in [0.25, 0.3) is 0 Å². The molecular weight excluding hydrogens is 947 g/mol. The molecule has 0 heterocycles. The van der Waals surface area contributed by atoms with E-state index in [9.17, 15) is 138 Å². The Morgan fingerprint density at radius 3 is 0.557 bits per heavy atom. The number of hydrogen-bond donors (Lipinski definition) is 27. The Bertz CT molecular complexity index is 3610. The minimum absolute atomic E-state index is 1.11. The van der Waals surface area contributed by atoms with E-state index in [1.54, 1.807) is 0 Å². The largest absolute Gasteiger partial charge is 0.507 e. The second-order valence-corrected chi connectivity index (χ2v) is 15.1. The van der Waals surface area contributed by atoms with Crippen LogP contribution in [-0.2, 0) is 0 Å². The maximum atomic E-state index is 12.1. The molecular formula is C42H27BO27. The molecule has 27 nitrogen and oxygen atoms in total. The highest BCUT2D eigenvalue weighted by molar-refractivity contribution is 6.42. The third kappa shape index (κ3) is 5.27. The van der Waals surface area contributed by atoms with Gasteiger partial charge in [-0.1, -0.05) is 5.46 Å². The van der Waals surface area contributed by atoms with Crippen LogP contribution in [0.15, 0.2) is 0 Å². The smallest absolute Gasteiger partial charge is 0.208 e. The Labute approximate surface area is 382 Å². The highest BCUT2D eigenvalue weighted by atomic mass is 16.4. The van der Waals surface area contributed by atoms with Gasteiger partial charge < -0.3 is 138 Å².